The Bertz CT molecular complexity index is 390. The van der Waals surface area contributed by atoms with E-state index in [2.05, 4.69) is 4.74 Å². The third kappa shape index (κ3) is 2.95. The Balaban J connectivity index is 3.02. The standard InChI is InChI=1S/C10H8F4O2/c1-5-2-3-6(8(15)9(11)12)4-7(5)16-10(13)14/h2-4,9-10H,1H3. The fraction of sp³-hybridized carbons (Fsp3) is 0.300. The minimum absolute atomic E-state index is 0.276. The molecule has 0 saturated heterocycles. The highest BCUT2D eigenvalue weighted by atomic mass is 19.3. The van der Waals surface area contributed by atoms with Crippen molar-refractivity contribution in [3.05, 3.63) is 29.3 Å². The van der Waals surface area contributed by atoms with Crippen LogP contribution in [0.3, 0.4) is 0 Å². The zero-order chi connectivity index (χ0) is 12.3. The van der Waals surface area contributed by atoms with Crippen LogP contribution in [0.5, 0.6) is 5.75 Å². The van der Waals surface area contributed by atoms with Crippen molar-refractivity contribution >= 4 is 5.78 Å². The van der Waals surface area contributed by atoms with Crippen molar-refractivity contribution in [3.8, 4) is 5.75 Å². The summed E-state index contributed by atoms with van der Waals surface area (Å²) in [5.74, 6) is -1.69. The third-order valence-electron chi connectivity index (χ3n) is 1.89. The molecule has 0 bridgehead atoms. The van der Waals surface area contributed by atoms with E-state index >= 15 is 0 Å². The number of alkyl halides is 4. The van der Waals surface area contributed by atoms with Gasteiger partial charge in [0.25, 0.3) is 0 Å². The van der Waals surface area contributed by atoms with Gasteiger partial charge in [-0.05, 0) is 18.6 Å². The minimum Gasteiger partial charge on any atom is -0.435 e. The number of hydrogen-bond acceptors (Lipinski definition) is 2. The van der Waals surface area contributed by atoms with Crippen LogP contribution in [0.1, 0.15) is 15.9 Å². The molecule has 0 spiro atoms. The predicted molar refractivity (Wildman–Crippen MR) is 48.1 cm³/mol. The first-order valence-electron chi connectivity index (χ1n) is 4.29. The Kier molecular flexibility index (Phi) is 3.87. The largest absolute Gasteiger partial charge is 0.435 e. The maximum absolute atomic E-state index is 12.1. The average molecular weight is 236 g/mol. The molecule has 0 atom stereocenters. The van der Waals surface area contributed by atoms with Crippen LogP contribution >= 0.6 is 0 Å². The number of ketones is 1. The average Bonchev–Trinajstić information content (AvgIpc) is 2.19. The molecule has 0 aromatic heterocycles. The van der Waals surface area contributed by atoms with Crippen molar-refractivity contribution in [2.45, 2.75) is 20.0 Å². The number of halogens is 4. The molecule has 0 aliphatic heterocycles. The van der Waals surface area contributed by atoms with Gasteiger partial charge in [0.2, 0.25) is 5.78 Å². The van der Waals surface area contributed by atoms with Crippen LogP contribution in [-0.4, -0.2) is 18.8 Å². The van der Waals surface area contributed by atoms with Gasteiger partial charge in [0, 0.05) is 5.56 Å². The van der Waals surface area contributed by atoms with E-state index in [1.54, 1.807) is 0 Å². The number of hydrogen-bond donors (Lipinski definition) is 0. The van der Waals surface area contributed by atoms with E-state index in [-0.39, 0.29) is 11.3 Å². The van der Waals surface area contributed by atoms with Crippen LogP contribution < -0.4 is 4.74 Å². The number of Topliss-reactive ketones (excluding diaryl/α,β-unsaturated/α-hetero) is 1. The van der Waals surface area contributed by atoms with Gasteiger partial charge in [-0.25, -0.2) is 8.78 Å². The van der Waals surface area contributed by atoms with Gasteiger partial charge in [-0.15, -0.1) is 0 Å². The van der Waals surface area contributed by atoms with E-state index in [0.29, 0.717) is 5.56 Å². The first kappa shape index (κ1) is 12.5. The molecule has 0 amide bonds. The van der Waals surface area contributed by atoms with E-state index in [1.165, 1.54) is 13.0 Å². The second-order valence-corrected chi connectivity index (χ2v) is 3.02. The Morgan fingerprint density at radius 2 is 1.88 bits per heavy atom. The molecule has 6 heteroatoms. The Morgan fingerprint density at radius 1 is 1.25 bits per heavy atom. The van der Waals surface area contributed by atoms with Crippen molar-refractivity contribution in [1.29, 1.82) is 0 Å². The van der Waals surface area contributed by atoms with Gasteiger partial charge in [-0.1, -0.05) is 12.1 Å². The van der Waals surface area contributed by atoms with Crippen LogP contribution in [0.25, 0.3) is 0 Å². The van der Waals surface area contributed by atoms with Gasteiger partial charge < -0.3 is 4.74 Å². The maximum atomic E-state index is 12.1. The summed E-state index contributed by atoms with van der Waals surface area (Å²) < 4.78 is 52.1. The van der Waals surface area contributed by atoms with Crippen molar-refractivity contribution in [2.24, 2.45) is 0 Å². The summed E-state index contributed by atoms with van der Waals surface area (Å²) in [5, 5.41) is 0. The molecule has 1 aromatic carbocycles. The lowest BCUT2D eigenvalue weighted by molar-refractivity contribution is -0.0503. The quantitative estimate of drug-likeness (QED) is 0.593. The lowest BCUT2D eigenvalue weighted by Crippen LogP contribution is -2.11. The summed E-state index contributed by atoms with van der Waals surface area (Å²) in [7, 11) is 0. The van der Waals surface area contributed by atoms with Crippen molar-refractivity contribution in [2.75, 3.05) is 0 Å². The highest BCUT2D eigenvalue weighted by Gasteiger charge is 2.19. The third-order valence-corrected chi connectivity index (χ3v) is 1.89. The second kappa shape index (κ2) is 4.96. The van der Waals surface area contributed by atoms with Crippen LogP contribution in [0, 0.1) is 6.92 Å². The topological polar surface area (TPSA) is 26.3 Å². The van der Waals surface area contributed by atoms with Gasteiger partial charge in [0.15, 0.2) is 0 Å². The number of benzene rings is 1. The SMILES string of the molecule is Cc1ccc(C(=O)C(F)F)cc1OC(F)F. The Labute approximate surface area is 88.8 Å². The molecule has 0 N–H and O–H groups in total. The molecule has 0 unspecified atom stereocenters. The normalized spacial score (nSPS) is 10.9. The Morgan fingerprint density at radius 3 is 2.38 bits per heavy atom. The highest BCUT2D eigenvalue weighted by molar-refractivity contribution is 5.98. The van der Waals surface area contributed by atoms with Gasteiger partial charge in [0.1, 0.15) is 5.75 Å². The first-order chi connectivity index (χ1) is 7.41. The van der Waals surface area contributed by atoms with Crippen molar-refractivity contribution in [1.82, 2.24) is 0 Å². The number of carbonyl (C=O) groups is 1. The molecular weight excluding hydrogens is 228 g/mol. The van der Waals surface area contributed by atoms with Gasteiger partial charge in [0.05, 0.1) is 0 Å². The number of carbonyl (C=O) groups excluding carboxylic acids is 1. The molecule has 0 aliphatic rings. The molecule has 0 heterocycles. The maximum Gasteiger partial charge on any atom is 0.387 e. The summed E-state index contributed by atoms with van der Waals surface area (Å²) in [6.45, 7) is -1.59. The predicted octanol–water partition coefficient (Wildman–Crippen LogP) is 3.04. The van der Waals surface area contributed by atoms with Crippen LogP contribution in [-0.2, 0) is 0 Å². The fourth-order valence-corrected chi connectivity index (χ4v) is 1.10. The van der Waals surface area contributed by atoms with E-state index in [9.17, 15) is 22.4 Å². The lowest BCUT2D eigenvalue weighted by Gasteiger charge is -2.09. The van der Waals surface area contributed by atoms with Crippen molar-refractivity contribution in [3.63, 3.8) is 0 Å². The zero-order valence-corrected chi connectivity index (χ0v) is 8.22. The molecule has 1 aromatic rings. The van der Waals surface area contributed by atoms with Gasteiger partial charge in [-0.2, -0.15) is 8.78 Å². The number of rotatable bonds is 4. The molecule has 0 radical (unpaired) electrons. The van der Waals surface area contributed by atoms with E-state index < -0.39 is 18.8 Å². The first-order valence-corrected chi connectivity index (χ1v) is 4.29. The van der Waals surface area contributed by atoms with Gasteiger partial charge in [-0.3, -0.25) is 4.79 Å². The Hall–Kier alpha value is -1.59. The summed E-state index contributed by atoms with van der Waals surface area (Å²) in [6.07, 6.45) is -3.16. The van der Waals surface area contributed by atoms with Crippen LogP contribution in [0.4, 0.5) is 17.6 Å². The fourth-order valence-electron chi connectivity index (χ4n) is 1.10. The molecule has 0 saturated carbocycles. The number of ether oxygens (including phenoxy) is 1. The summed E-state index contributed by atoms with van der Waals surface area (Å²) in [4.78, 5) is 10.9. The highest BCUT2D eigenvalue weighted by Crippen LogP contribution is 2.22. The van der Waals surface area contributed by atoms with E-state index in [0.717, 1.165) is 12.1 Å². The van der Waals surface area contributed by atoms with Crippen LogP contribution in [0.15, 0.2) is 18.2 Å². The molecular formula is C10H8F4O2. The van der Waals surface area contributed by atoms with Crippen LogP contribution in [0.2, 0.25) is 0 Å². The van der Waals surface area contributed by atoms with Crippen molar-refractivity contribution < 1.29 is 27.1 Å². The molecule has 1 rings (SSSR count). The molecule has 0 aliphatic carbocycles. The minimum atomic E-state index is -3.16. The molecule has 16 heavy (non-hydrogen) atoms. The monoisotopic (exact) mass is 236 g/mol. The van der Waals surface area contributed by atoms with Gasteiger partial charge >= 0.3 is 13.0 Å². The van der Waals surface area contributed by atoms with E-state index in [1.807, 2.05) is 0 Å². The lowest BCUT2D eigenvalue weighted by atomic mass is 10.1. The van der Waals surface area contributed by atoms with E-state index in [4.69, 9.17) is 0 Å². The molecule has 88 valence electrons. The number of aryl methyl sites for hydroxylation is 1. The smallest absolute Gasteiger partial charge is 0.387 e. The summed E-state index contributed by atoms with van der Waals surface area (Å²) in [5.41, 5.74) is -0.0117. The molecule has 2 nitrogen and oxygen atoms in total. The summed E-state index contributed by atoms with van der Waals surface area (Å²) in [6, 6.07) is 3.30. The summed E-state index contributed by atoms with van der Waals surface area (Å²) >= 11 is 0. The second-order valence-electron chi connectivity index (χ2n) is 3.02. The zero-order valence-electron chi connectivity index (χ0n) is 8.22. The molecule has 0 fully saturated rings.